The zero-order valence-corrected chi connectivity index (χ0v) is 9.28. The molecule has 94 valence electrons. The van der Waals surface area contributed by atoms with Crippen LogP contribution < -0.4 is 11.3 Å². The number of carbonyl (C=O) groups is 1. The maximum atomic E-state index is 10.4. The number of nitro groups is 1. The van der Waals surface area contributed by atoms with Crippen molar-refractivity contribution in [1.82, 2.24) is 5.43 Å². The van der Waals surface area contributed by atoms with Crippen molar-refractivity contribution < 1.29 is 14.1 Å². The van der Waals surface area contributed by atoms with E-state index in [0.29, 0.717) is 12.2 Å². The molecule has 3 N–H and O–H groups in total. The van der Waals surface area contributed by atoms with Crippen LogP contribution in [0.4, 0.5) is 5.69 Å². The average molecular weight is 249 g/mol. The molecule has 1 heterocycles. The lowest BCUT2D eigenvalue weighted by molar-refractivity contribution is -0.384. The Morgan fingerprint density at radius 1 is 1.28 bits per heavy atom. The summed E-state index contributed by atoms with van der Waals surface area (Å²) in [7, 11) is 0. The van der Waals surface area contributed by atoms with Gasteiger partial charge < -0.3 is 4.42 Å². The number of nitro benzene ring substituents is 1. The number of nitrogens with one attached hydrogen (secondary N) is 1. The summed E-state index contributed by atoms with van der Waals surface area (Å²) in [6, 6.07) is 9.82. The monoisotopic (exact) mass is 249 g/mol. The minimum Gasteiger partial charge on any atom is -0.464 e. The van der Waals surface area contributed by atoms with Crippen LogP contribution in [0.15, 0.2) is 47.1 Å². The zero-order chi connectivity index (χ0) is 13.4. The fourth-order valence-electron chi connectivity index (χ4n) is 1.19. The number of hydrogen-bond acceptors (Lipinski definition) is 5. The van der Waals surface area contributed by atoms with E-state index in [1.165, 1.54) is 12.1 Å². The maximum Gasteiger partial charge on any atom is 0.269 e. The van der Waals surface area contributed by atoms with Crippen molar-refractivity contribution in [3.63, 3.8) is 0 Å². The molecule has 18 heavy (non-hydrogen) atoms. The Kier molecular flexibility index (Phi) is 5.07. The minimum absolute atomic E-state index is 0.0836. The van der Waals surface area contributed by atoms with Crippen molar-refractivity contribution in [2.24, 2.45) is 5.84 Å². The molecule has 0 aliphatic rings. The Balaban J connectivity index is 0.000000357. The lowest BCUT2D eigenvalue weighted by Gasteiger charge is -1.95. The van der Waals surface area contributed by atoms with Crippen LogP contribution in [0.5, 0.6) is 0 Å². The number of hydrogen-bond donors (Lipinski definition) is 2. The summed E-state index contributed by atoms with van der Waals surface area (Å²) < 4.78 is 5.15. The Hall–Kier alpha value is -2.67. The van der Waals surface area contributed by atoms with Gasteiger partial charge in [0.25, 0.3) is 5.69 Å². The standard InChI is InChI=1S/C10H7NO3.CH4N2O/c12-11(13)9-5-3-8(4-6-9)10-2-1-7-14-10;2-3-1-4/h1-7H;1H,2H2,(H,3,4). The van der Waals surface area contributed by atoms with Crippen molar-refractivity contribution in [3.05, 3.63) is 52.8 Å². The van der Waals surface area contributed by atoms with E-state index in [2.05, 4.69) is 5.84 Å². The molecular formula is C11H11N3O4. The molecule has 0 aliphatic heterocycles. The van der Waals surface area contributed by atoms with Gasteiger partial charge in [0.15, 0.2) is 0 Å². The summed E-state index contributed by atoms with van der Waals surface area (Å²) >= 11 is 0. The molecule has 0 saturated carbocycles. The topological polar surface area (TPSA) is 111 Å². The molecule has 2 rings (SSSR count). The molecule has 7 nitrogen and oxygen atoms in total. The Morgan fingerprint density at radius 2 is 1.89 bits per heavy atom. The van der Waals surface area contributed by atoms with Gasteiger partial charge in [0.05, 0.1) is 11.2 Å². The first kappa shape index (κ1) is 13.4. The van der Waals surface area contributed by atoms with Crippen molar-refractivity contribution in [3.8, 4) is 11.3 Å². The normalized spacial score (nSPS) is 8.94. The molecule has 0 saturated heterocycles. The summed E-state index contributed by atoms with van der Waals surface area (Å²) in [5, 5.41) is 10.4. The number of amides is 1. The van der Waals surface area contributed by atoms with Gasteiger partial charge in [0.1, 0.15) is 5.76 Å². The van der Waals surface area contributed by atoms with Crippen molar-refractivity contribution >= 4 is 12.1 Å². The van der Waals surface area contributed by atoms with E-state index in [-0.39, 0.29) is 5.69 Å². The summed E-state index contributed by atoms with van der Waals surface area (Å²) in [6.45, 7) is 0. The zero-order valence-electron chi connectivity index (χ0n) is 9.28. The van der Waals surface area contributed by atoms with Gasteiger partial charge in [0, 0.05) is 17.7 Å². The molecule has 0 aliphatic carbocycles. The number of nitrogens with zero attached hydrogens (tertiary/aromatic N) is 1. The number of benzene rings is 1. The molecule has 1 amide bonds. The number of nitrogens with two attached hydrogens (primary N) is 1. The predicted octanol–water partition coefficient (Wildman–Crippen LogP) is 1.46. The first-order valence-electron chi connectivity index (χ1n) is 4.87. The number of furan rings is 1. The first-order valence-corrected chi connectivity index (χ1v) is 4.87. The fraction of sp³-hybridized carbons (Fsp3) is 0. The highest BCUT2D eigenvalue weighted by molar-refractivity contribution is 5.58. The van der Waals surface area contributed by atoms with Gasteiger partial charge in [-0.25, -0.2) is 5.84 Å². The summed E-state index contributed by atoms with van der Waals surface area (Å²) in [6.07, 6.45) is 1.97. The van der Waals surface area contributed by atoms with Gasteiger partial charge in [-0.3, -0.25) is 20.3 Å². The third kappa shape index (κ3) is 3.72. The Bertz CT molecular complexity index is 494. The molecule has 1 aromatic heterocycles. The second-order valence-corrected chi connectivity index (χ2v) is 3.07. The summed E-state index contributed by atoms with van der Waals surface area (Å²) in [5.74, 6) is 5.12. The number of non-ortho nitro benzene ring substituents is 1. The molecule has 0 bridgehead atoms. The number of carbonyl (C=O) groups excluding carboxylic acids is 1. The predicted molar refractivity (Wildman–Crippen MR) is 64.2 cm³/mol. The number of rotatable bonds is 3. The Labute approximate surface area is 102 Å². The van der Waals surface area contributed by atoms with Crippen molar-refractivity contribution in [2.45, 2.75) is 0 Å². The lowest BCUT2D eigenvalue weighted by atomic mass is 10.1. The second kappa shape index (κ2) is 6.81. The van der Waals surface area contributed by atoms with E-state index in [4.69, 9.17) is 9.21 Å². The van der Waals surface area contributed by atoms with Gasteiger partial charge in [-0.05, 0) is 24.3 Å². The lowest BCUT2D eigenvalue weighted by Crippen LogP contribution is -2.18. The number of hydrazine groups is 1. The summed E-state index contributed by atoms with van der Waals surface area (Å²) in [4.78, 5) is 18.9. The van der Waals surface area contributed by atoms with E-state index >= 15 is 0 Å². The maximum absolute atomic E-state index is 10.4. The van der Waals surface area contributed by atoms with Crippen LogP contribution in [0, 0.1) is 10.1 Å². The van der Waals surface area contributed by atoms with Crippen LogP contribution in [-0.4, -0.2) is 11.3 Å². The van der Waals surface area contributed by atoms with Gasteiger partial charge in [0.2, 0.25) is 6.41 Å². The van der Waals surface area contributed by atoms with Crippen LogP contribution in [0.25, 0.3) is 11.3 Å². The molecule has 7 heteroatoms. The average Bonchev–Trinajstić information content (AvgIpc) is 2.93. The molecule has 0 atom stereocenters. The highest BCUT2D eigenvalue weighted by Gasteiger charge is 2.05. The van der Waals surface area contributed by atoms with E-state index in [0.717, 1.165) is 5.56 Å². The fourth-order valence-corrected chi connectivity index (χ4v) is 1.19. The molecule has 0 radical (unpaired) electrons. The molecular weight excluding hydrogens is 238 g/mol. The third-order valence-electron chi connectivity index (χ3n) is 1.95. The van der Waals surface area contributed by atoms with E-state index in [1.54, 1.807) is 36.0 Å². The van der Waals surface area contributed by atoms with Crippen LogP contribution in [-0.2, 0) is 4.79 Å². The first-order chi connectivity index (χ1) is 8.69. The van der Waals surface area contributed by atoms with Crippen LogP contribution in [0.3, 0.4) is 0 Å². The highest BCUT2D eigenvalue weighted by atomic mass is 16.6. The van der Waals surface area contributed by atoms with Crippen molar-refractivity contribution in [2.75, 3.05) is 0 Å². The van der Waals surface area contributed by atoms with Crippen molar-refractivity contribution in [1.29, 1.82) is 0 Å². The van der Waals surface area contributed by atoms with E-state index in [1.807, 2.05) is 0 Å². The molecule has 0 fully saturated rings. The van der Waals surface area contributed by atoms with Gasteiger partial charge in [-0.15, -0.1) is 0 Å². The third-order valence-corrected chi connectivity index (χ3v) is 1.95. The smallest absolute Gasteiger partial charge is 0.269 e. The SMILES string of the molecule is NNC=O.O=[N+]([O-])c1ccc(-c2ccco2)cc1. The van der Waals surface area contributed by atoms with Gasteiger partial charge in [-0.1, -0.05) is 0 Å². The van der Waals surface area contributed by atoms with Gasteiger partial charge in [-0.2, -0.15) is 0 Å². The summed E-state index contributed by atoms with van der Waals surface area (Å²) in [5.41, 5.74) is 2.67. The largest absolute Gasteiger partial charge is 0.464 e. The van der Waals surface area contributed by atoms with Gasteiger partial charge >= 0.3 is 0 Å². The molecule has 0 unspecified atom stereocenters. The second-order valence-electron chi connectivity index (χ2n) is 3.07. The highest BCUT2D eigenvalue weighted by Crippen LogP contribution is 2.22. The molecule has 2 aromatic rings. The molecule has 1 aromatic carbocycles. The molecule has 0 spiro atoms. The Morgan fingerprint density at radius 3 is 2.28 bits per heavy atom. The minimum atomic E-state index is -0.425. The van der Waals surface area contributed by atoms with Crippen LogP contribution >= 0.6 is 0 Å². The van der Waals surface area contributed by atoms with E-state index in [9.17, 15) is 10.1 Å². The van der Waals surface area contributed by atoms with Crippen LogP contribution in [0.1, 0.15) is 0 Å². The van der Waals surface area contributed by atoms with Crippen LogP contribution in [0.2, 0.25) is 0 Å². The van der Waals surface area contributed by atoms with E-state index < -0.39 is 4.92 Å². The quantitative estimate of drug-likeness (QED) is 0.281.